The first-order valence-electron chi connectivity index (χ1n) is 6.37. The van der Waals surface area contributed by atoms with E-state index >= 15 is 0 Å². The van der Waals surface area contributed by atoms with E-state index in [2.05, 4.69) is 41.1 Å². The molecule has 3 N–H and O–H groups in total. The van der Waals surface area contributed by atoms with Crippen molar-refractivity contribution in [3.8, 4) is 0 Å². The molecule has 1 saturated heterocycles. The Bertz CT molecular complexity index is 325. The van der Waals surface area contributed by atoms with Gasteiger partial charge in [0, 0.05) is 25.2 Å². The van der Waals surface area contributed by atoms with Crippen molar-refractivity contribution in [3.63, 3.8) is 0 Å². The highest BCUT2D eigenvalue weighted by molar-refractivity contribution is 5.11. The van der Waals surface area contributed by atoms with E-state index in [1.807, 2.05) is 18.3 Å². The number of hydrogen-bond acceptors (Lipinski definition) is 4. The van der Waals surface area contributed by atoms with Gasteiger partial charge < -0.3 is 5.32 Å². The fourth-order valence-corrected chi connectivity index (χ4v) is 2.16. The molecule has 94 valence electrons. The summed E-state index contributed by atoms with van der Waals surface area (Å²) in [5.41, 5.74) is 7.66. The monoisotopic (exact) mass is 234 g/mol. The van der Waals surface area contributed by atoms with Gasteiger partial charge in [0.1, 0.15) is 0 Å². The van der Waals surface area contributed by atoms with Gasteiger partial charge in [0.25, 0.3) is 0 Å². The lowest BCUT2D eigenvalue weighted by atomic mass is 9.98. The van der Waals surface area contributed by atoms with Gasteiger partial charge in [-0.1, -0.05) is 19.9 Å². The lowest BCUT2D eigenvalue weighted by Crippen LogP contribution is -2.31. The van der Waals surface area contributed by atoms with Gasteiger partial charge in [-0.05, 0) is 24.6 Å². The first-order chi connectivity index (χ1) is 8.27. The lowest BCUT2D eigenvalue weighted by Gasteiger charge is -2.18. The number of aromatic nitrogens is 1. The van der Waals surface area contributed by atoms with Crippen molar-refractivity contribution in [1.29, 1.82) is 0 Å². The summed E-state index contributed by atoms with van der Waals surface area (Å²) in [6.07, 6.45) is 1.86. The van der Waals surface area contributed by atoms with Crippen LogP contribution in [0.25, 0.3) is 0 Å². The molecule has 0 aromatic carbocycles. The molecule has 4 heteroatoms. The van der Waals surface area contributed by atoms with Crippen molar-refractivity contribution in [2.45, 2.75) is 19.9 Å². The van der Waals surface area contributed by atoms with E-state index in [9.17, 15) is 0 Å². The molecule has 2 unspecified atom stereocenters. The molecule has 0 amide bonds. The number of hydrazine groups is 1. The summed E-state index contributed by atoms with van der Waals surface area (Å²) in [6.45, 7) is 7.56. The molecular formula is C13H22N4. The van der Waals surface area contributed by atoms with E-state index < -0.39 is 0 Å². The molecule has 0 saturated carbocycles. The minimum atomic E-state index is 0.316. The average molecular weight is 234 g/mol. The van der Waals surface area contributed by atoms with Crippen LogP contribution in [0.2, 0.25) is 0 Å². The summed E-state index contributed by atoms with van der Waals surface area (Å²) < 4.78 is 0. The fraction of sp³-hybridized carbons (Fsp3) is 0.615. The molecule has 0 aliphatic carbocycles. The van der Waals surface area contributed by atoms with Gasteiger partial charge in [-0.25, -0.2) is 5.43 Å². The van der Waals surface area contributed by atoms with Crippen molar-refractivity contribution >= 4 is 0 Å². The van der Waals surface area contributed by atoms with Crippen LogP contribution < -0.4 is 16.2 Å². The van der Waals surface area contributed by atoms with Crippen LogP contribution in [0.3, 0.4) is 0 Å². The molecule has 0 radical (unpaired) electrons. The van der Waals surface area contributed by atoms with Crippen LogP contribution in [-0.4, -0.2) is 24.6 Å². The highest BCUT2D eigenvalue weighted by Gasteiger charge is 2.28. The van der Waals surface area contributed by atoms with E-state index in [1.165, 1.54) is 0 Å². The minimum absolute atomic E-state index is 0.316. The van der Waals surface area contributed by atoms with Gasteiger partial charge in [0.2, 0.25) is 0 Å². The first kappa shape index (κ1) is 12.5. The van der Waals surface area contributed by atoms with E-state index in [1.54, 1.807) is 0 Å². The van der Waals surface area contributed by atoms with Gasteiger partial charge in [0.15, 0.2) is 0 Å². The SMILES string of the molecule is CC(C)CNCC1CNNC1c1ccccn1. The van der Waals surface area contributed by atoms with Crippen LogP contribution in [0, 0.1) is 11.8 Å². The second-order valence-corrected chi connectivity index (χ2v) is 5.07. The zero-order valence-electron chi connectivity index (χ0n) is 10.6. The van der Waals surface area contributed by atoms with Crippen molar-refractivity contribution in [2.75, 3.05) is 19.6 Å². The maximum absolute atomic E-state index is 4.42. The highest BCUT2D eigenvalue weighted by atomic mass is 15.4. The third-order valence-electron chi connectivity index (χ3n) is 3.06. The van der Waals surface area contributed by atoms with Crippen LogP contribution in [0.1, 0.15) is 25.6 Å². The topological polar surface area (TPSA) is 49.0 Å². The second-order valence-electron chi connectivity index (χ2n) is 5.07. The predicted molar refractivity (Wildman–Crippen MR) is 69.3 cm³/mol. The van der Waals surface area contributed by atoms with Gasteiger partial charge in [-0.3, -0.25) is 10.4 Å². The number of hydrogen-bond donors (Lipinski definition) is 3. The fourth-order valence-electron chi connectivity index (χ4n) is 2.16. The molecule has 1 fully saturated rings. The van der Waals surface area contributed by atoms with Crippen molar-refractivity contribution < 1.29 is 0 Å². The maximum atomic E-state index is 4.42. The van der Waals surface area contributed by atoms with Crippen LogP contribution in [0.5, 0.6) is 0 Å². The summed E-state index contributed by atoms with van der Waals surface area (Å²) >= 11 is 0. The summed E-state index contributed by atoms with van der Waals surface area (Å²) in [7, 11) is 0. The van der Waals surface area contributed by atoms with E-state index in [0.29, 0.717) is 17.9 Å². The molecule has 0 bridgehead atoms. The zero-order valence-corrected chi connectivity index (χ0v) is 10.6. The molecule has 2 atom stereocenters. The summed E-state index contributed by atoms with van der Waals surface area (Å²) in [5.74, 6) is 1.26. The molecule has 1 aromatic rings. The molecule has 2 rings (SSSR count). The Morgan fingerprint density at radius 2 is 2.35 bits per heavy atom. The predicted octanol–water partition coefficient (Wildman–Crippen LogP) is 1.09. The van der Waals surface area contributed by atoms with Gasteiger partial charge >= 0.3 is 0 Å². The third-order valence-corrected chi connectivity index (χ3v) is 3.06. The summed E-state index contributed by atoms with van der Waals surface area (Å²) in [4.78, 5) is 4.42. The quantitative estimate of drug-likeness (QED) is 0.714. The Kier molecular flexibility index (Phi) is 4.48. The Morgan fingerprint density at radius 3 is 3.06 bits per heavy atom. The van der Waals surface area contributed by atoms with Crippen LogP contribution in [0.4, 0.5) is 0 Å². The van der Waals surface area contributed by atoms with Crippen molar-refractivity contribution in [3.05, 3.63) is 30.1 Å². The summed E-state index contributed by atoms with van der Waals surface area (Å²) in [6, 6.07) is 6.40. The summed E-state index contributed by atoms with van der Waals surface area (Å²) in [5, 5.41) is 3.52. The number of pyridine rings is 1. The Hall–Kier alpha value is -0.970. The largest absolute Gasteiger partial charge is 0.316 e. The zero-order chi connectivity index (χ0) is 12.1. The second kappa shape index (κ2) is 6.10. The minimum Gasteiger partial charge on any atom is -0.316 e. The smallest absolute Gasteiger partial charge is 0.0687 e. The molecule has 1 aliphatic rings. The van der Waals surface area contributed by atoms with Crippen LogP contribution in [-0.2, 0) is 0 Å². The average Bonchev–Trinajstić information content (AvgIpc) is 2.78. The maximum Gasteiger partial charge on any atom is 0.0687 e. The van der Waals surface area contributed by atoms with E-state index in [-0.39, 0.29) is 0 Å². The first-order valence-corrected chi connectivity index (χ1v) is 6.37. The molecule has 1 aliphatic heterocycles. The molecule has 2 heterocycles. The van der Waals surface area contributed by atoms with Crippen molar-refractivity contribution in [1.82, 2.24) is 21.2 Å². The van der Waals surface area contributed by atoms with E-state index in [0.717, 1.165) is 25.3 Å². The molecule has 17 heavy (non-hydrogen) atoms. The molecule has 4 nitrogen and oxygen atoms in total. The van der Waals surface area contributed by atoms with Crippen molar-refractivity contribution in [2.24, 2.45) is 11.8 Å². The molecular weight excluding hydrogens is 212 g/mol. The number of nitrogens with zero attached hydrogens (tertiary/aromatic N) is 1. The van der Waals surface area contributed by atoms with Gasteiger partial charge in [0.05, 0.1) is 11.7 Å². The third kappa shape index (κ3) is 3.49. The molecule has 0 spiro atoms. The van der Waals surface area contributed by atoms with Gasteiger partial charge in [-0.15, -0.1) is 0 Å². The Balaban J connectivity index is 1.89. The Morgan fingerprint density at radius 1 is 1.47 bits per heavy atom. The standard InChI is InChI=1S/C13H22N4/c1-10(2)7-14-8-11-9-16-17-13(11)12-5-3-4-6-15-12/h3-6,10-11,13-14,16-17H,7-9H2,1-2H3. The number of nitrogens with one attached hydrogen (secondary N) is 3. The number of rotatable bonds is 5. The Labute approximate surface area is 103 Å². The normalized spacial score (nSPS) is 24.4. The molecule has 1 aromatic heterocycles. The van der Waals surface area contributed by atoms with Gasteiger partial charge in [-0.2, -0.15) is 0 Å². The van der Waals surface area contributed by atoms with Crippen LogP contribution >= 0.6 is 0 Å². The lowest BCUT2D eigenvalue weighted by molar-refractivity contribution is 0.419. The van der Waals surface area contributed by atoms with E-state index in [4.69, 9.17) is 0 Å². The van der Waals surface area contributed by atoms with Crippen LogP contribution in [0.15, 0.2) is 24.4 Å². The highest BCUT2D eigenvalue weighted by Crippen LogP contribution is 2.22.